The third-order valence-electron chi connectivity index (χ3n) is 1.65. The smallest absolute Gasteiger partial charge is 0.0713 e. The summed E-state index contributed by atoms with van der Waals surface area (Å²) in [5.74, 6) is 0. The number of hydrogen-bond acceptors (Lipinski definition) is 2. The predicted octanol–water partition coefficient (Wildman–Crippen LogP) is 2.26. The van der Waals surface area contributed by atoms with Gasteiger partial charge in [-0.05, 0) is 24.6 Å². The van der Waals surface area contributed by atoms with Crippen molar-refractivity contribution in [2.24, 2.45) is 0 Å². The fourth-order valence-corrected chi connectivity index (χ4v) is 1.09. The Labute approximate surface area is 73.6 Å². The van der Waals surface area contributed by atoms with Crippen LogP contribution < -0.4 is 5.32 Å². The van der Waals surface area contributed by atoms with Crippen LogP contribution in [-0.2, 0) is 11.3 Å². The molecule has 1 aromatic rings. The molecule has 1 N–H and O–H groups in total. The van der Waals surface area contributed by atoms with Crippen LogP contribution in [0.4, 0.5) is 5.69 Å². The molecule has 0 bridgehead atoms. The Morgan fingerprint density at radius 2 is 1.92 bits per heavy atom. The van der Waals surface area contributed by atoms with Crippen molar-refractivity contribution in [3.63, 3.8) is 0 Å². The highest BCUT2D eigenvalue weighted by Crippen LogP contribution is 2.09. The van der Waals surface area contributed by atoms with E-state index in [2.05, 4.69) is 36.5 Å². The van der Waals surface area contributed by atoms with Crippen LogP contribution in [-0.4, -0.2) is 13.7 Å². The maximum Gasteiger partial charge on any atom is 0.0713 e. The molecule has 0 aliphatic rings. The summed E-state index contributed by atoms with van der Waals surface area (Å²) in [5, 5.41) is 3.24. The first-order chi connectivity index (χ1) is 5.86. The van der Waals surface area contributed by atoms with Crippen LogP contribution >= 0.6 is 0 Å². The molecule has 0 unspecified atom stereocenters. The summed E-state index contributed by atoms with van der Waals surface area (Å²) in [6.07, 6.45) is 0. The molecule has 0 radical (unpaired) electrons. The van der Waals surface area contributed by atoms with Crippen molar-refractivity contribution in [1.29, 1.82) is 0 Å². The number of anilines is 1. The predicted molar refractivity (Wildman–Crippen MR) is 51.3 cm³/mol. The van der Waals surface area contributed by atoms with Crippen LogP contribution in [0.25, 0.3) is 0 Å². The standard InChI is InChI=1S/C10H15NO/c1-3-11-10-6-4-9(5-7-10)8-12-2/h4-7,11H,3,8H2,1-2H3. The Kier molecular flexibility index (Phi) is 3.61. The molecule has 2 nitrogen and oxygen atoms in total. The van der Waals surface area contributed by atoms with Gasteiger partial charge in [-0.25, -0.2) is 0 Å². The number of hydrogen-bond donors (Lipinski definition) is 1. The van der Waals surface area contributed by atoms with Gasteiger partial charge in [0, 0.05) is 19.3 Å². The largest absolute Gasteiger partial charge is 0.385 e. The lowest BCUT2D eigenvalue weighted by molar-refractivity contribution is 0.185. The van der Waals surface area contributed by atoms with Crippen molar-refractivity contribution in [2.75, 3.05) is 19.0 Å². The van der Waals surface area contributed by atoms with Gasteiger partial charge in [0.2, 0.25) is 0 Å². The second kappa shape index (κ2) is 4.78. The molecule has 0 saturated heterocycles. The number of ether oxygens (including phenoxy) is 1. The number of rotatable bonds is 4. The summed E-state index contributed by atoms with van der Waals surface area (Å²) in [6, 6.07) is 8.28. The van der Waals surface area contributed by atoms with E-state index in [9.17, 15) is 0 Å². The van der Waals surface area contributed by atoms with Crippen LogP contribution in [0.15, 0.2) is 24.3 Å². The van der Waals surface area contributed by atoms with Gasteiger partial charge in [0.1, 0.15) is 0 Å². The van der Waals surface area contributed by atoms with Crippen LogP contribution in [0.5, 0.6) is 0 Å². The van der Waals surface area contributed by atoms with Gasteiger partial charge in [0.15, 0.2) is 0 Å². The van der Waals surface area contributed by atoms with Crippen LogP contribution in [0.1, 0.15) is 12.5 Å². The second-order valence-corrected chi connectivity index (χ2v) is 2.66. The van der Waals surface area contributed by atoms with Crippen LogP contribution in [0.2, 0.25) is 0 Å². The minimum absolute atomic E-state index is 0.687. The van der Waals surface area contributed by atoms with Crippen LogP contribution in [0.3, 0.4) is 0 Å². The lowest BCUT2D eigenvalue weighted by Crippen LogP contribution is -1.96. The third-order valence-corrected chi connectivity index (χ3v) is 1.65. The topological polar surface area (TPSA) is 21.3 Å². The summed E-state index contributed by atoms with van der Waals surface area (Å²) in [5.41, 5.74) is 2.37. The van der Waals surface area contributed by atoms with Gasteiger partial charge in [0.25, 0.3) is 0 Å². The van der Waals surface area contributed by atoms with E-state index >= 15 is 0 Å². The van der Waals surface area contributed by atoms with Crippen molar-refractivity contribution in [3.8, 4) is 0 Å². The zero-order chi connectivity index (χ0) is 8.81. The monoisotopic (exact) mass is 165 g/mol. The molecule has 0 aromatic heterocycles. The maximum atomic E-state index is 5.01. The molecule has 1 rings (SSSR count). The van der Waals surface area contributed by atoms with Crippen molar-refractivity contribution < 1.29 is 4.74 Å². The Bertz CT molecular complexity index is 193. The Balaban J connectivity index is 2.58. The zero-order valence-corrected chi connectivity index (χ0v) is 7.63. The summed E-state index contributed by atoms with van der Waals surface area (Å²) >= 11 is 0. The first-order valence-electron chi connectivity index (χ1n) is 4.18. The van der Waals surface area contributed by atoms with Crippen LogP contribution in [0, 0.1) is 0 Å². The second-order valence-electron chi connectivity index (χ2n) is 2.66. The molecule has 0 saturated carbocycles. The van der Waals surface area contributed by atoms with E-state index in [1.54, 1.807) is 7.11 Å². The van der Waals surface area contributed by atoms with Gasteiger partial charge in [0.05, 0.1) is 6.61 Å². The summed E-state index contributed by atoms with van der Waals surface area (Å²) in [4.78, 5) is 0. The fraction of sp³-hybridized carbons (Fsp3) is 0.400. The average molecular weight is 165 g/mol. The van der Waals surface area contributed by atoms with Crippen molar-refractivity contribution >= 4 is 5.69 Å². The van der Waals surface area contributed by atoms with Crippen molar-refractivity contribution in [2.45, 2.75) is 13.5 Å². The summed E-state index contributed by atoms with van der Waals surface area (Å²) in [7, 11) is 1.71. The third kappa shape index (κ3) is 2.55. The first kappa shape index (κ1) is 9.07. The van der Waals surface area contributed by atoms with Gasteiger partial charge in [-0.3, -0.25) is 0 Å². The quantitative estimate of drug-likeness (QED) is 0.739. The highest BCUT2D eigenvalue weighted by molar-refractivity contribution is 5.44. The maximum absolute atomic E-state index is 5.01. The first-order valence-corrected chi connectivity index (χ1v) is 4.18. The number of benzene rings is 1. The van der Waals surface area contributed by atoms with E-state index in [0.717, 1.165) is 12.2 Å². The molecule has 12 heavy (non-hydrogen) atoms. The number of methoxy groups -OCH3 is 1. The molecule has 0 aliphatic heterocycles. The fourth-order valence-electron chi connectivity index (χ4n) is 1.09. The average Bonchev–Trinajstić information content (AvgIpc) is 2.09. The normalized spacial score (nSPS) is 9.83. The molecule has 0 spiro atoms. The Hall–Kier alpha value is -1.02. The van der Waals surface area contributed by atoms with E-state index < -0.39 is 0 Å². The minimum atomic E-state index is 0.687. The van der Waals surface area contributed by atoms with E-state index in [1.165, 1.54) is 5.56 Å². The van der Waals surface area contributed by atoms with E-state index in [-0.39, 0.29) is 0 Å². The molecule has 0 fully saturated rings. The van der Waals surface area contributed by atoms with E-state index in [4.69, 9.17) is 4.74 Å². The van der Waals surface area contributed by atoms with E-state index in [1.807, 2.05) is 0 Å². The van der Waals surface area contributed by atoms with E-state index in [0.29, 0.717) is 6.61 Å². The Morgan fingerprint density at radius 1 is 1.25 bits per heavy atom. The molecule has 0 amide bonds. The molecule has 0 atom stereocenters. The van der Waals surface area contributed by atoms with Gasteiger partial charge in [-0.2, -0.15) is 0 Å². The summed E-state index contributed by atoms with van der Waals surface area (Å²) < 4.78 is 5.01. The van der Waals surface area contributed by atoms with Crippen molar-refractivity contribution in [1.82, 2.24) is 0 Å². The number of nitrogens with one attached hydrogen (secondary N) is 1. The molecule has 1 aromatic carbocycles. The molecular formula is C10H15NO. The molecule has 0 aliphatic carbocycles. The molecule has 66 valence electrons. The van der Waals surface area contributed by atoms with Gasteiger partial charge in [-0.15, -0.1) is 0 Å². The SMILES string of the molecule is CCNc1ccc(COC)cc1. The van der Waals surface area contributed by atoms with Gasteiger partial charge >= 0.3 is 0 Å². The lowest BCUT2D eigenvalue weighted by atomic mass is 10.2. The minimum Gasteiger partial charge on any atom is -0.385 e. The highest BCUT2D eigenvalue weighted by Gasteiger charge is 1.91. The zero-order valence-electron chi connectivity index (χ0n) is 7.63. The van der Waals surface area contributed by atoms with Gasteiger partial charge in [-0.1, -0.05) is 12.1 Å². The summed E-state index contributed by atoms with van der Waals surface area (Å²) in [6.45, 7) is 3.74. The molecule has 2 heteroatoms. The van der Waals surface area contributed by atoms with Gasteiger partial charge < -0.3 is 10.1 Å². The molecular weight excluding hydrogens is 150 g/mol. The Morgan fingerprint density at radius 3 is 2.42 bits per heavy atom. The lowest BCUT2D eigenvalue weighted by Gasteiger charge is -2.03. The highest BCUT2D eigenvalue weighted by atomic mass is 16.5. The van der Waals surface area contributed by atoms with Crippen molar-refractivity contribution in [3.05, 3.63) is 29.8 Å². The molecule has 0 heterocycles.